The minimum absolute atomic E-state index is 0.0754. The number of amides is 1. The minimum Gasteiger partial charge on any atom is -0.340 e. The van der Waals surface area contributed by atoms with Crippen molar-refractivity contribution < 1.29 is 4.79 Å². The van der Waals surface area contributed by atoms with Crippen LogP contribution in [-0.2, 0) is 12.6 Å². The number of nitrogens with zero attached hydrogens (tertiary/aromatic N) is 3. The molecule has 2 atom stereocenters. The first kappa shape index (κ1) is 14.7. The number of carbonyl (C=O) groups is 1. The lowest BCUT2D eigenvalue weighted by Crippen LogP contribution is -2.51. The van der Waals surface area contributed by atoms with Crippen molar-refractivity contribution in [3.63, 3.8) is 0 Å². The SMILES string of the molecule is Cn1ncc(C(=O)NC23CCC(c4cccnc42)C3(C)C)c1Cl. The molecule has 2 aliphatic carbocycles. The van der Waals surface area contributed by atoms with E-state index in [4.69, 9.17) is 11.6 Å². The minimum atomic E-state index is -0.440. The summed E-state index contributed by atoms with van der Waals surface area (Å²) in [5, 5.41) is 7.67. The van der Waals surface area contributed by atoms with E-state index in [9.17, 15) is 4.79 Å². The first-order chi connectivity index (χ1) is 10.9. The number of hydrogen-bond donors (Lipinski definition) is 1. The molecule has 120 valence electrons. The van der Waals surface area contributed by atoms with E-state index in [2.05, 4.69) is 35.3 Å². The monoisotopic (exact) mass is 330 g/mol. The predicted molar refractivity (Wildman–Crippen MR) is 87.4 cm³/mol. The molecular formula is C17H19ClN4O. The third kappa shape index (κ3) is 1.71. The molecular weight excluding hydrogens is 312 g/mol. The summed E-state index contributed by atoms with van der Waals surface area (Å²) in [6, 6.07) is 4.11. The Kier molecular flexibility index (Phi) is 2.92. The van der Waals surface area contributed by atoms with E-state index in [0.717, 1.165) is 18.5 Å². The largest absolute Gasteiger partial charge is 0.340 e. The number of nitrogens with one attached hydrogen (secondary N) is 1. The Bertz CT molecular complexity index is 813. The smallest absolute Gasteiger partial charge is 0.256 e. The number of pyridine rings is 1. The molecule has 1 amide bonds. The molecule has 2 bridgehead atoms. The Morgan fingerprint density at radius 1 is 1.48 bits per heavy atom. The van der Waals surface area contributed by atoms with Crippen LogP contribution in [0.5, 0.6) is 0 Å². The van der Waals surface area contributed by atoms with Gasteiger partial charge in [0, 0.05) is 18.7 Å². The highest BCUT2D eigenvalue weighted by Crippen LogP contribution is 2.65. The topological polar surface area (TPSA) is 59.8 Å². The summed E-state index contributed by atoms with van der Waals surface area (Å²) in [5.41, 5.74) is 2.17. The highest BCUT2D eigenvalue weighted by Gasteiger charge is 2.63. The standard InChI is InChI=1S/C17H19ClN4O/c1-16(2)12-6-7-17(16,13-10(12)5-4-8-19-13)21-15(23)11-9-20-22(3)14(11)18/h4-5,8-9,12H,6-7H2,1-3H3,(H,21,23). The van der Waals surface area contributed by atoms with Gasteiger partial charge in [-0.2, -0.15) is 5.10 Å². The fraction of sp³-hybridized carbons (Fsp3) is 0.471. The lowest BCUT2D eigenvalue weighted by Gasteiger charge is -2.38. The Balaban J connectivity index is 1.78. The molecule has 2 aromatic heterocycles. The van der Waals surface area contributed by atoms with Gasteiger partial charge in [0.25, 0.3) is 5.91 Å². The van der Waals surface area contributed by atoms with Crippen molar-refractivity contribution in [1.82, 2.24) is 20.1 Å². The summed E-state index contributed by atoms with van der Waals surface area (Å²) in [5.74, 6) is 0.242. The summed E-state index contributed by atoms with van der Waals surface area (Å²) < 4.78 is 1.50. The first-order valence-corrected chi connectivity index (χ1v) is 8.22. The summed E-state index contributed by atoms with van der Waals surface area (Å²) >= 11 is 6.18. The molecule has 2 aromatic rings. The molecule has 2 heterocycles. The summed E-state index contributed by atoms with van der Waals surface area (Å²) in [4.78, 5) is 17.5. The van der Waals surface area contributed by atoms with Crippen LogP contribution >= 0.6 is 11.6 Å². The normalized spacial score (nSPS) is 27.0. The molecule has 0 radical (unpaired) electrons. The van der Waals surface area contributed by atoms with Crippen molar-refractivity contribution in [3.05, 3.63) is 46.5 Å². The van der Waals surface area contributed by atoms with Gasteiger partial charge >= 0.3 is 0 Å². The molecule has 2 unspecified atom stereocenters. The van der Waals surface area contributed by atoms with Gasteiger partial charge in [0.2, 0.25) is 0 Å². The average molecular weight is 331 g/mol. The van der Waals surface area contributed by atoms with Crippen molar-refractivity contribution in [1.29, 1.82) is 0 Å². The average Bonchev–Trinajstić information content (AvgIpc) is 3.05. The zero-order chi connectivity index (χ0) is 16.4. The third-order valence-electron chi connectivity index (χ3n) is 5.84. The molecule has 5 nitrogen and oxygen atoms in total. The van der Waals surface area contributed by atoms with Gasteiger partial charge in [-0.1, -0.05) is 31.5 Å². The van der Waals surface area contributed by atoms with Gasteiger partial charge in [0.15, 0.2) is 0 Å². The van der Waals surface area contributed by atoms with E-state index in [1.807, 2.05) is 6.07 Å². The lowest BCUT2D eigenvalue weighted by atomic mass is 9.75. The quantitative estimate of drug-likeness (QED) is 0.920. The van der Waals surface area contributed by atoms with Gasteiger partial charge in [-0.3, -0.25) is 14.5 Å². The van der Waals surface area contributed by atoms with Crippen molar-refractivity contribution in [2.45, 2.75) is 38.1 Å². The van der Waals surface area contributed by atoms with Gasteiger partial charge < -0.3 is 5.32 Å². The zero-order valence-electron chi connectivity index (χ0n) is 13.4. The van der Waals surface area contributed by atoms with Crippen LogP contribution in [0, 0.1) is 5.41 Å². The first-order valence-electron chi connectivity index (χ1n) is 7.84. The Morgan fingerprint density at radius 3 is 2.96 bits per heavy atom. The molecule has 23 heavy (non-hydrogen) atoms. The van der Waals surface area contributed by atoms with Crippen molar-refractivity contribution >= 4 is 17.5 Å². The van der Waals surface area contributed by atoms with Crippen LogP contribution in [-0.4, -0.2) is 20.7 Å². The van der Waals surface area contributed by atoms with Crippen molar-refractivity contribution in [2.75, 3.05) is 0 Å². The van der Waals surface area contributed by atoms with Crippen LogP contribution in [0.1, 0.15) is 54.2 Å². The van der Waals surface area contributed by atoms with Crippen LogP contribution in [0.15, 0.2) is 24.5 Å². The molecule has 1 fully saturated rings. The van der Waals surface area contributed by atoms with E-state index in [0.29, 0.717) is 16.6 Å². The number of carbonyl (C=O) groups excluding carboxylic acids is 1. The van der Waals surface area contributed by atoms with E-state index >= 15 is 0 Å². The van der Waals surface area contributed by atoms with Crippen molar-refractivity contribution in [2.24, 2.45) is 12.5 Å². The van der Waals surface area contributed by atoms with E-state index in [1.54, 1.807) is 13.2 Å². The molecule has 1 N–H and O–H groups in total. The molecule has 2 aliphatic rings. The van der Waals surface area contributed by atoms with Crippen molar-refractivity contribution in [3.8, 4) is 0 Å². The maximum absolute atomic E-state index is 12.8. The molecule has 1 saturated carbocycles. The van der Waals surface area contributed by atoms with Crippen LogP contribution in [0.4, 0.5) is 0 Å². The highest BCUT2D eigenvalue weighted by molar-refractivity contribution is 6.32. The molecule has 4 rings (SSSR count). The number of halogens is 1. The van der Waals surface area contributed by atoms with Gasteiger partial charge in [0.05, 0.1) is 23.0 Å². The fourth-order valence-corrected chi connectivity index (χ4v) is 4.66. The summed E-state index contributed by atoms with van der Waals surface area (Å²) in [7, 11) is 1.72. The second-order valence-electron chi connectivity index (χ2n) is 7.09. The summed E-state index contributed by atoms with van der Waals surface area (Å²) in [6.07, 6.45) is 5.29. The number of hydrogen-bond acceptors (Lipinski definition) is 3. The van der Waals surface area contributed by atoms with Crippen LogP contribution in [0.3, 0.4) is 0 Å². The lowest BCUT2D eigenvalue weighted by molar-refractivity contribution is 0.0803. The predicted octanol–water partition coefficient (Wildman–Crippen LogP) is 3.01. The van der Waals surface area contributed by atoms with Crippen LogP contribution < -0.4 is 5.32 Å². The second kappa shape index (κ2) is 4.57. The van der Waals surface area contributed by atoms with E-state index in [1.165, 1.54) is 16.4 Å². The molecule has 6 heteroatoms. The van der Waals surface area contributed by atoms with Crippen LogP contribution in [0.2, 0.25) is 5.15 Å². The number of aromatic nitrogens is 3. The summed E-state index contributed by atoms with van der Waals surface area (Å²) in [6.45, 7) is 4.44. The Morgan fingerprint density at radius 2 is 2.26 bits per heavy atom. The number of fused-ring (bicyclic) bond motifs is 5. The fourth-order valence-electron chi connectivity index (χ4n) is 4.48. The molecule has 0 aliphatic heterocycles. The van der Waals surface area contributed by atoms with Gasteiger partial charge in [-0.15, -0.1) is 0 Å². The second-order valence-corrected chi connectivity index (χ2v) is 7.44. The Labute approximate surface area is 140 Å². The van der Waals surface area contributed by atoms with E-state index in [-0.39, 0.29) is 11.3 Å². The number of rotatable bonds is 2. The van der Waals surface area contributed by atoms with Crippen LogP contribution in [0.25, 0.3) is 0 Å². The highest BCUT2D eigenvalue weighted by atomic mass is 35.5. The Hall–Kier alpha value is -1.88. The van der Waals surface area contributed by atoms with Gasteiger partial charge in [-0.25, -0.2) is 0 Å². The van der Waals surface area contributed by atoms with Gasteiger partial charge in [-0.05, 0) is 30.4 Å². The van der Waals surface area contributed by atoms with E-state index < -0.39 is 5.54 Å². The molecule has 0 aromatic carbocycles. The number of aryl methyl sites for hydroxylation is 1. The maximum Gasteiger partial charge on any atom is 0.256 e. The third-order valence-corrected chi connectivity index (χ3v) is 6.28. The van der Waals surface area contributed by atoms with Gasteiger partial charge in [0.1, 0.15) is 5.15 Å². The maximum atomic E-state index is 12.8. The zero-order valence-corrected chi connectivity index (χ0v) is 14.2. The molecule has 0 saturated heterocycles. The molecule has 0 spiro atoms.